The lowest BCUT2D eigenvalue weighted by Gasteiger charge is -2.23. The minimum atomic E-state index is -0.817. The van der Waals surface area contributed by atoms with Gasteiger partial charge in [-0.15, -0.1) is 0 Å². The van der Waals surface area contributed by atoms with Crippen molar-refractivity contribution in [3.05, 3.63) is 120 Å². The lowest BCUT2D eigenvalue weighted by atomic mass is 10.1. The van der Waals surface area contributed by atoms with Gasteiger partial charge in [0, 0.05) is 5.56 Å². The zero-order chi connectivity index (χ0) is 30.5. The fraction of sp³-hybridized carbons (Fsp3) is 0.188. The number of thioether (sulfide) groups is 1. The molecular weight excluding hydrogens is 582 g/mol. The molecule has 1 aliphatic heterocycles. The number of aromatic nitrogens is 4. The Labute approximate surface area is 256 Å². The van der Waals surface area contributed by atoms with E-state index < -0.39 is 35.6 Å². The van der Waals surface area contributed by atoms with E-state index in [4.69, 9.17) is 14.2 Å². The van der Waals surface area contributed by atoms with Crippen LogP contribution in [0.5, 0.6) is 0 Å². The van der Waals surface area contributed by atoms with Crippen molar-refractivity contribution in [1.82, 2.24) is 19.5 Å². The number of anilines is 1. The SMILES string of the molecule is CS[C@@H]1[C@@H](OC(=O)c2ccccc2)[C@H](COC(=O)c2ccccc2)O[C@@H]1n1cnc2ncnc(NC(=O)c3ccccc3)c21. The van der Waals surface area contributed by atoms with E-state index in [1.165, 1.54) is 18.1 Å². The lowest BCUT2D eigenvalue weighted by Crippen LogP contribution is -2.37. The molecule has 0 saturated carbocycles. The van der Waals surface area contributed by atoms with Crippen molar-refractivity contribution in [1.29, 1.82) is 0 Å². The molecular formula is C32H27N5O6S. The topological polar surface area (TPSA) is 135 Å². The Bertz CT molecular complexity index is 1770. The molecule has 222 valence electrons. The van der Waals surface area contributed by atoms with Crippen molar-refractivity contribution in [2.75, 3.05) is 18.2 Å². The summed E-state index contributed by atoms with van der Waals surface area (Å²) in [5.41, 5.74) is 1.98. The number of ether oxygens (including phenoxy) is 3. The first-order valence-corrected chi connectivity index (χ1v) is 15.0. The van der Waals surface area contributed by atoms with Gasteiger partial charge in [-0.25, -0.2) is 24.5 Å². The number of imidazole rings is 1. The first-order valence-electron chi connectivity index (χ1n) is 13.7. The molecule has 1 aliphatic rings. The van der Waals surface area contributed by atoms with Gasteiger partial charge in [-0.3, -0.25) is 9.36 Å². The highest BCUT2D eigenvalue weighted by Gasteiger charge is 2.49. The average molecular weight is 610 g/mol. The Hall–Kier alpha value is -5.07. The molecule has 4 atom stereocenters. The van der Waals surface area contributed by atoms with Crippen molar-refractivity contribution in [3.8, 4) is 0 Å². The van der Waals surface area contributed by atoms with Gasteiger partial charge < -0.3 is 19.5 Å². The van der Waals surface area contributed by atoms with Crippen LogP contribution in [-0.4, -0.2) is 67.7 Å². The number of nitrogens with one attached hydrogen (secondary N) is 1. The summed E-state index contributed by atoms with van der Waals surface area (Å²) in [4.78, 5) is 52.0. The summed E-state index contributed by atoms with van der Waals surface area (Å²) in [6.07, 6.45) is 2.36. The van der Waals surface area contributed by atoms with Crippen molar-refractivity contribution in [2.45, 2.75) is 23.7 Å². The highest BCUT2D eigenvalue weighted by molar-refractivity contribution is 7.99. The van der Waals surface area contributed by atoms with Gasteiger partial charge in [-0.2, -0.15) is 11.8 Å². The van der Waals surface area contributed by atoms with Crippen LogP contribution in [-0.2, 0) is 14.2 Å². The molecule has 2 aromatic heterocycles. The average Bonchev–Trinajstić information content (AvgIpc) is 3.66. The van der Waals surface area contributed by atoms with Crippen LogP contribution < -0.4 is 5.32 Å². The van der Waals surface area contributed by atoms with E-state index in [1.807, 2.05) is 18.4 Å². The van der Waals surface area contributed by atoms with E-state index in [9.17, 15) is 14.4 Å². The first kappa shape index (κ1) is 29.0. The number of esters is 2. The second-order valence-corrected chi connectivity index (χ2v) is 10.8. The number of carbonyl (C=O) groups excluding carboxylic acids is 3. The Morgan fingerprint density at radius 3 is 2.09 bits per heavy atom. The van der Waals surface area contributed by atoms with Gasteiger partial charge in [-0.05, 0) is 42.7 Å². The normalized spacial score (nSPS) is 19.4. The highest BCUT2D eigenvalue weighted by Crippen LogP contribution is 2.41. The third-order valence-corrected chi connectivity index (χ3v) is 8.15. The van der Waals surface area contributed by atoms with Gasteiger partial charge >= 0.3 is 11.9 Å². The van der Waals surface area contributed by atoms with E-state index in [0.29, 0.717) is 27.9 Å². The number of nitrogens with zero attached hydrogens (tertiary/aromatic N) is 4. The molecule has 5 aromatic rings. The van der Waals surface area contributed by atoms with Crippen molar-refractivity contribution < 1.29 is 28.6 Å². The third kappa shape index (κ3) is 6.03. The van der Waals surface area contributed by atoms with Crippen LogP contribution in [0, 0.1) is 0 Å². The zero-order valence-electron chi connectivity index (χ0n) is 23.5. The predicted molar refractivity (Wildman–Crippen MR) is 163 cm³/mol. The van der Waals surface area contributed by atoms with E-state index in [-0.39, 0.29) is 18.3 Å². The molecule has 6 rings (SSSR count). The lowest BCUT2D eigenvalue weighted by molar-refractivity contribution is -0.0561. The zero-order valence-corrected chi connectivity index (χ0v) is 24.3. The number of fused-ring (bicyclic) bond motifs is 1. The minimum absolute atomic E-state index is 0.172. The number of benzene rings is 3. The number of hydrogen-bond acceptors (Lipinski definition) is 10. The standard InChI is InChI=1S/C32H27N5O6S/c1-44-26-25(43-32(40)22-15-9-4-10-16-22)23(17-41-31(39)21-13-7-3-8-14-21)42-30(26)37-19-35-27-24(37)28(34-18-33-27)36-29(38)20-11-5-2-6-12-20/h2-16,18-19,23,25-26,30H,17H2,1H3,(H,33,34,36,38)/t23-,25-,26+,30-/m0/s1. The molecule has 0 radical (unpaired) electrons. The van der Waals surface area contributed by atoms with Gasteiger partial charge in [0.1, 0.15) is 30.7 Å². The molecule has 3 aromatic carbocycles. The van der Waals surface area contributed by atoms with Crippen molar-refractivity contribution in [2.24, 2.45) is 0 Å². The quantitative estimate of drug-likeness (QED) is 0.233. The monoisotopic (exact) mass is 609 g/mol. The van der Waals surface area contributed by atoms with Crippen molar-refractivity contribution in [3.63, 3.8) is 0 Å². The largest absolute Gasteiger partial charge is 0.459 e. The molecule has 0 unspecified atom stereocenters. The second kappa shape index (κ2) is 13.1. The number of carbonyl (C=O) groups is 3. The maximum absolute atomic E-state index is 13.2. The van der Waals surface area contributed by atoms with Crippen molar-refractivity contribution >= 4 is 46.6 Å². The highest BCUT2D eigenvalue weighted by atomic mass is 32.2. The maximum Gasteiger partial charge on any atom is 0.338 e. The fourth-order valence-corrected chi connectivity index (χ4v) is 5.90. The Balaban J connectivity index is 1.32. The summed E-state index contributed by atoms with van der Waals surface area (Å²) in [5, 5.41) is 2.39. The molecule has 44 heavy (non-hydrogen) atoms. The van der Waals surface area contributed by atoms with E-state index >= 15 is 0 Å². The summed E-state index contributed by atoms with van der Waals surface area (Å²) in [6, 6.07) is 26.0. The molecule has 1 amide bonds. The summed E-state index contributed by atoms with van der Waals surface area (Å²) in [7, 11) is 0. The molecule has 3 heterocycles. The van der Waals surface area contributed by atoms with E-state index in [2.05, 4.69) is 20.3 Å². The van der Waals surface area contributed by atoms with Crippen LogP contribution in [0.25, 0.3) is 11.2 Å². The smallest absolute Gasteiger partial charge is 0.338 e. The van der Waals surface area contributed by atoms with Gasteiger partial charge in [-0.1, -0.05) is 54.6 Å². The molecule has 12 heteroatoms. The van der Waals surface area contributed by atoms with Crippen LogP contribution in [0.15, 0.2) is 104 Å². The van der Waals surface area contributed by atoms with Crippen LogP contribution in [0.3, 0.4) is 0 Å². The summed E-state index contributed by atoms with van der Waals surface area (Å²) in [6.45, 7) is -0.172. The van der Waals surface area contributed by atoms with Crippen LogP contribution in [0.2, 0.25) is 0 Å². The van der Waals surface area contributed by atoms with Gasteiger partial charge in [0.2, 0.25) is 0 Å². The predicted octanol–water partition coefficient (Wildman–Crippen LogP) is 4.79. The fourth-order valence-electron chi connectivity index (χ4n) is 4.97. The number of amides is 1. The van der Waals surface area contributed by atoms with Crippen LogP contribution in [0.4, 0.5) is 5.82 Å². The Morgan fingerprint density at radius 2 is 1.45 bits per heavy atom. The van der Waals surface area contributed by atoms with Crippen LogP contribution in [0.1, 0.15) is 37.3 Å². The number of hydrogen-bond donors (Lipinski definition) is 1. The summed E-state index contributed by atoms with van der Waals surface area (Å²) >= 11 is 1.42. The number of rotatable bonds is 9. The Morgan fingerprint density at radius 1 is 0.841 bits per heavy atom. The van der Waals surface area contributed by atoms with Crippen LogP contribution >= 0.6 is 11.8 Å². The molecule has 0 spiro atoms. The maximum atomic E-state index is 13.2. The third-order valence-electron chi connectivity index (χ3n) is 7.11. The van der Waals surface area contributed by atoms with Gasteiger partial charge in [0.05, 0.1) is 22.7 Å². The first-order chi connectivity index (χ1) is 21.5. The summed E-state index contributed by atoms with van der Waals surface area (Å²) < 4.78 is 19.8. The molecule has 1 saturated heterocycles. The second-order valence-electron chi connectivity index (χ2n) is 9.83. The Kier molecular flexibility index (Phi) is 8.62. The minimum Gasteiger partial charge on any atom is -0.459 e. The van der Waals surface area contributed by atoms with E-state index in [0.717, 1.165) is 0 Å². The van der Waals surface area contributed by atoms with Gasteiger partial charge in [0.15, 0.2) is 17.7 Å². The molecule has 11 nitrogen and oxygen atoms in total. The molecule has 0 bridgehead atoms. The molecule has 0 aliphatic carbocycles. The molecule has 1 N–H and O–H groups in total. The van der Waals surface area contributed by atoms with Gasteiger partial charge in [0.25, 0.3) is 5.91 Å². The van der Waals surface area contributed by atoms with E-state index in [1.54, 1.807) is 89.8 Å². The molecule has 1 fully saturated rings. The summed E-state index contributed by atoms with van der Waals surface area (Å²) in [5.74, 6) is -1.18.